The number of carbonyl (C=O) groups excluding carboxylic acids is 1. The fraction of sp³-hybridized carbons (Fsp3) is 0.226. The zero-order valence-electron chi connectivity index (χ0n) is 22.0. The van der Waals surface area contributed by atoms with E-state index in [1.807, 2.05) is 52.1 Å². The number of anilines is 1. The zero-order chi connectivity index (χ0) is 27.6. The van der Waals surface area contributed by atoms with Crippen LogP contribution in [0.1, 0.15) is 28.9 Å². The molecule has 1 aromatic heterocycles. The molecule has 0 aliphatic carbocycles. The van der Waals surface area contributed by atoms with Crippen molar-refractivity contribution in [1.29, 1.82) is 5.26 Å². The summed E-state index contributed by atoms with van der Waals surface area (Å²) in [7, 11) is 1.61. The maximum Gasteiger partial charge on any atom is 0.229 e. The van der Waals surface area contributed by atoms with Gasteiger partial charge in [-0.05, 0) is 42.0 Å². The van der Waals surface area contributed by atoms with Crippen molar-refractivity contribution in [3.63, 3.8) is 0 Å². The average molecular weight is 535 g/mol. The number of ether oxygens (including phenoxy) is 1. The van der Waals surface area contributed by atoms with Gasteiger partial charge in [0.25, 0.3) is 0 Å². The minimum atomic E-state index is -0.359. The van der Waals surface area contributed by atoms with Gasteiger partial charge in [0.1, 0.15) is 17.4 Å². The number of rotatable bonds is 6. The lowest BCUT2D eigenvalue weighted by atomic mass is 10.1. The van der Waals surface area contributed by atoms with Crippen molar-refractivity contribution in [1.82, 2.24) is 14.5 Å². The molecule has 200 valence electrons. The number of hydrogen-bond acceptors (Lipinski definition) is 6. The van der Waals surface area contributed by atoms with Gasteiger partial charge in [-0.15, -0.1) is 0 Å². The molecule has 0 fully saturated rings. The summed E-state index contributed by atoms with van der Waals surface area (Å²) in [5.41, 5.74) is 4.18. The summed E-state index contributed by atoms with van der Waals surface area (Å²) in [6, 6.07) is 21.9. The second-order valence-electron chi connectivity index (χ2n) is 9.91. The van der Waals surface area contributed by atoms with Crippen LogP contribution in [0.5, 0.6) is 5.75 Å². The number of amides is 1. The van der Waals surface area contributed by atoms with E-state index in [1.165, 1.54) is 6.07 Å². The molecule has 0 N–H and O–H groups in total. The lowest BCUT2D eigenvalue weighted by Gasteiger charge is -2.28. The first-order valence-corrected chi connectivity index (χ1v) is 13.1. The summed E-state index contributed by atoms with van der Waals surface area (Å²) in [5.74, 6) is 0.880. The lowest BCUT2D eigenvalue weighted by molar-refractivity contribution is -0.119. The van der Waals surface area contributed by atoms with Crippen molar-refractivity contribution in [2.24, 2.45) is 4.99 Å². The Labute approximate surface area is 231 Å². The van der Waals surface area contributed by atoms with E-state index in [2.05, 4.69) is 11.1 Å². The molecule has 2 aliphatic rings. The largest absolute Gasteiger partial charge is 0.496 e. The van der Waals surface area contributed by atoms with Crippen LogP contribution in [0.3, 0.4) is 0 Å². The van der Waals surface area contributed by atoms with Gasteiger partial charge in [-0.2, -0.15) is 5.26 Å². The Kier molecular flexibility index (Phi) is 6.74. The van der Waals surface area contributed by atoms with Gasteiger partial charge >= 0.3 is 0 Å². The molecular weight excluding hydrogens is 507 g/mol. The maximum atomic E-state index is 15.2. The number of para-hydroxylation sites is 1. The van der Waals surface area contributed by atoms with E-state index in [-0.39, 0.29) is 37.3 Å². The third kappa shape index (κ3) is 4.80. The van der Waals surface area contributed by atoms with Crippen LogP contribution in [0.2, 0.25) is 0 Å². The number of nitrogens with zero attached hydrogens (tertiary/aromatic N) is 6. The molecule has 40 heavy (non-hydrogen) atoms. The zero-order valence-corrected chi connectivity index (χ0v) is 22.0. The molecule has 9 heteroatoms. The third-order valence-corrected chi connectivity index (χ3v) is 7.43. The van der Waals surface area contributed by atoms with E-state index in [0.717, 1.165) is 11.1 Å². The fourth-order valence-corrected chi connectivity index (χ4v) is 5.31. The minimum absolute atomic E-state index is 0.123. The van der Waals surface area contributed by atoms with Gasteiger partial charge in [0.15, 0.2) is 0 Å². The van der Waals surface area contributed by atoms with Gasteiger partial charge < -0.3 is 19.1 Å². The third-order valence-electron chi connectivity index (χ3n) is 7.43. The van der Waals surface area contributed by atoms with Gasteiger partial charge in [0.05, 0.1) is 62.1 Å². The normalized spacial score (nSPS) is 15.8. The van der Waals surface area contributed by atoms with Gasteiger partial charge in [-0.1, -0.05) is 30.3 Å². The van der Waals surface area contributed by atoms with Crippen molar-refractivity contribution in [3.8, 4) is 23.1 Å². The number of imidazole rings is 1. The van der Waals surface area contributed by atoms with Crippen LogP contribution in [0.4, 0.5) is 10.1 Å². The summed E-state index contributed by atoms with van der Waals surface area (Å²) < 4.78 is 22.6. The summed E-state index contributed by atoms with van der Waals surface area (Å²) in [6.07, 6.45) is 3.88. The molecule has 3 aromatic carbocycles. The highest BCUT2D eigenvalue weighted by molar-refractivity contribution is 5.95. The van der Waals surface area contributed by atoms with Crippen molar-refractivity contribution < 1.29 is 13.9 Å². The number of fused-ring (bicyclic) bond motifs is 2. The number of benzene rings is 3. The smallest absolute Gasteiger partial charge is 0.229 e. The molecule has 0 bridgehead atoms. The number of halogens is 1. The fourth-order valence-electron chi connectivity index (χ4n) is 5.31. The van der Waals surface area contributed by atoms with Crippen LogP contribution in [0.25, 0.3) is 11.3 Å². The second-order valence-corrected chi connectivity index (χ2v) is 9.91. The van der Waals surface area contributed by atoms with Crippen LogP contribution in [-0.2, 0) is 24.4 Å². The van der Waals surface area contributed by atoms with Gasteiger partial charge in [-0.25, -0.2) is 9.37 Å². The number of nitriles is 1. The first kappa shape index (κ1) is 25.3. The van der Waals surface area contributed by atoms with Gasteiger partial charge in [-0.3, -0.25) is 9.79 Å². The van der Waals surface area contributed by atoms with Crippen molar-refractivity contribution in [2.75, 3.05) is 18.6 Å². The van der Waals surface area contributed by atoms with E-state index < -0.39 is 0 Å². The topological polar surface area (TPSA) is 86.8 Å². The van der Waals surface area contributed by atoms with Gasteiger partial charge in [0, 0.05) is 30.3 Å². The predicted molar refractivity (Wildman–Crippen MR) is 149 cm³/mol. The Morgan fingerprint density at radius 3 is 2.73 bits per heavy atom. The van der Waals surface area contributed by atoms with Crippen LogP contribution in [0, 0.1) is 17.1 Å². The Morgan fingerprint density at radius 1 is 1.10 bits per heavy atom. The second kappa shape index (κ2) is 10.7. The van der Waals surface area contributed by atoms with E-state index in [1.54, 1.807) is 42.6 Å². The molecular formula is C31H27FN6O2. The van der Waals surface area contributed by atoms with Crippen LogP contribution < -0.4 is 9.64 Å². The van der Waals surface area contributed by atoms with Crippen molar-refractivity contribution >= 4 is 17.9 Å². The van der Waals surface area contributed by atoms with E-state index in [9.17, 15) is 4.79 Å². The predicted octanol–water partition coefficient (Wildman–Crippen LogP) is 4.77. The van der Waals surface area contributed by atoms with E-state index >= 15 is 4.39 Å². The Bertz CT molecular complexity index is 1640. The van der Waals surface area contributed by atoms with Crippen LogP contribution in [-0.4, -0.2) is 46.4 Å². The van der Waals surface area contributed by atoms with E-state index in [0.29, 0.717) is 47.2 Å². The number of aliphatic imine (C=N–C) groups is 1. The lowest BCUT2D eigenvalue weighted by Crippen LogP contribution is -2.39. The highest BCUT2D eigenvalue weighted by Crippen LogP contribution is 2.34. The first-order chi connectivity index (χ1) is 19.5. The number of hydrogen-bond donors (Lipinski definition) is 0. The highest BCUT2D eigenvalue weighted by Gasteiger charge is 2.31. The van der Waals surface area contributed by atoms with E-state index in [4.69, 9.17) is 15.0 Å². The Hall–Kier alpha value is -4.97. The number of aromatic nitrogens is 2. The monoisotopic (exact) mass is 534 g/mol. The molecule has 1 unspecified atom stereocenters. The quantitative estimate of drug-likeness (QED) is 0.356. The SMILES string of the molecule is COc1ccccc1-c1cn2c(n1)CN(C(=O)CC1CN=CN1Cc1ccc(C#N)cc1)c1cccc(F)c1C2. The van der Waals surface area contributed by atoms with Crippen LogP contribution >= 0.6 is 0 Å². The molecule has 4 aromatic rings. The molecule has 6 rings (SSSR count). The summed E-state index contributed by atoms with van der Waals surface area (Å²) in [5, 5.41) is 9.07. The van der Waals surface area contributed by atoms with Crippen molar-refractivity contribution in [3.05, 3.63) is 101 Å². The van der Waals surface area contributed by atoms with Crippen molar-refractivity contribution in [2.45, 2.75) is 32.1 Å². The molecule has 1 atom stereocenters. The number of methoxy groups -OCH3 is 1. The Morgan fingerprint density at radius 2 is 1.93 bits per heavy atom. The molecule has 0 spiro atoms. The highest BCUT2D eigenvalue weighted by atomic mass is 19.1. The average Bonchev–Trinajstić information content (AvgIpc) is 3.55. The molecule has 2 aliphatic heterocycles. The molecule has 0 radical (unpaired) electrons. The number of carbonyl (C=O) groups is 1. The molecule has 1 amide bonds. The maximum absolute atomic E-state index is 15.2. The molecule has 8 nitrogen and oxygen atoms in total. The van der Waals surface area contributed by atoms with Gasteiger partial charge in [0.2, 0.25) is 5.91 Å². The summed E-state index contributed by atoms with van der Waals surface area (Å²) >= 11 is 0. The standard InChI is InChI=1S/C31H27FN6O2/c1-40-29-8-3-2-5-24(29)27-18-36-17-25-26(32)6-4-7-28(25)38(19-30(36)35-27)31(39)13-23-15-34-20-37(23)16-22-11-9-21(14-33)10-12-22/h2-12,18,20,23H,13,15-17,19H2,1H3. The summed E-state index contributed by atoms with van der Waals surface area (Å²) in [4.78, 5) is 26.9. The summed E-state index contributed by atoms with van der Waals surface area (Å²) in [6.45, 7) is 1.55. The Balaban J connectivity index is 1.27. The molecule has 0 saturated heterocycles. The first-order valence-electron chi connectivity index (χ1n) is 13.1. The van der Waals surface area contributed by atoms with Crippen LogP contribution in [0.15, 0.2) is 77.9 Å². The molecule has 3 heterocycles. The minimum Gasteiger partial charge on any atom is -0.496 e. The molecule has 0 saturated carbocycles.